The highest BCUT2D eigenvalue weighted by Crippen LogP contribution is 2.34. The van der Waals surface area contributed by atoms with E-state index < -0.39 is 5.82 Å². The number of ether oxygens (including phenoxy) is 2. The minimum Gasteiger partial charge on any atom is -0.481 e. The largest absolute Gasteiger partial charge is 0.481 e. The zero-order valence-electron chi connectivity index (χ0n) is 16.7. The molecule has 0 amide bonds. The molecule has 5 nitrogen and oxygen atoms in total. The van der Waals surface area contributed by atoms with Gasteiger partial charge in [-0.2, -0.15) is 5.26 Å². The lowest BCUT2D eigenvalue weighted by molar-refractivity contribution is 0.0292. The molecule has 1 aromatic heterocycles. The van der Waals surface area contributed by atoms with Crippen molar-refractivity contribution in [2.75, 3.05) is 26.8 Å². The van der Waals surface area contributed by atoms with Gasteiger partial charge in [-0.3, -0.25) is 0 Å². The molecular formula is C24H22FN3O2. The van der Waals surface area contributed by atoms with Gasteiger partial charge < -0.3 is 14.8 Å². The molecule has 0 radical (unpaired) electrons. The van der Waals surface area contributed by atoms with Crippen LogP contribution in [0.1, 0.15) is 11.1 Å². The van der Waals surface area contributed by atoms with Gasteiger partial charge in [0.15, 0.2) is 0 Å². The lowest BCUT2D eigenvalue weighted by Crippen LogP contribution is -2.39. The van der Waals surface area contributed by atoms with Crippen molar-refractivity contribution >= 4 is 0 Å². The van der Waals surface area contributed by atoms with E-state index in [1.165, 1.54) is 12.1 Å². The van der Waals surface area contributed by atoms with Crippen molar-refractivity contribution in [2.24, 2.45) is 0 Å². The summed E-state index contributed by atoms with van der Waals surface area (Å²) < 4.78 is 25.4. The summed E-state index contributed by atoms with van der Waals surface area (Å²) in [5.74, 6) is 0.00214. The summed E-state index contributed by atoms with van der Waals surface area (Å²) in [6.07, 6.45) is 2.61. The number of hydrogen-bond acceptors (Lipinski definition) is 5. The van der Waals surface area contributed by atoms with Crippen LogP contribution in [0.5, 0.6) is 5.88 Å². The molecule has 0 bridgehead atoms. The second kappa shape index (κ2) is 9.04. The fourth-order valence-corrected chi connectivity index (χ4v) is 3.66. The lowest BCUT2D eigenvalue weighted by atomic mass is 9.91. The number of nitrogens with zero attached hydrogens (tertiary/aromatic N) is 2. The first kappa shape index (κ1) is 20.0. The number of rotatable bonds is 5. The number of aromatic nitrogens is 1. The Bertz CT molecular complexity index is 1070. The summed E-state index contributed by atoms with van der Waals surface area (Å²) >= 11 is 0. The van der Waals surface area contributed by atoms with Crippen LogP contribution in [0.4, 0.5) is 4.39 Å². The summed E-state index contributed by atoms with van der Waals surface area (Å²) in [6, 6.07) is 16.5. The second-order valence-corrected chi connectivity index (χ2v) is 7.18. The molecular weight excluding hydrogens is 381 g/mol. The fourth-order valence-electron chi connectivity index (χ4n) is 3.66. The van der Waals surface area contributed by atoms with Gasteiger partial charge in [0, 0.05) is 30.9 Å². The van der Waals surface area contributed by atoms with Crippen molar-refractivity contribution in [3.05, 3.63) is 71.7 Å². The average molecular weight is 403 g/mol. The topological polar surface area (TPSA) is 67.2 Å². The number of methoxy groups -OCH3 is 1. The molecule has 0 spiro atoms. The van der Waals surface area contributed by atoms with Crippen LogP contribution in [-0.2, 0) is 11.2 Å². The molecule has 1 saturated heterocycles. The van der Waals surface area contributed by atoms with Crippen LogP contribution in [0.3, 0.4) is 0 Å². The Morgan fingerprint density at radius 3 is 2.70 bits per heavy atom. The Balaban J connectivity index is 1.76. The minimum absolute atomic E-state index is 0.0317. The van der Waals surface area contributed by atoms with E-state index in [-0.39, 0.29) is 11.7 Å². The summed E-state index contributed by atoms with van der Waals surface area (Å²) in [7, 11) is 1.57. The van der Waals surface area contributed by atoms with Crippen LogP contribution in [0, 0.1) is 17.1 Å². The molecule has 2 heterocycles. The number of nitriles is 1. The van der Waals surface area contributed by atoms with Crippen LogP contribution < -0.4 is 10.1 Å². The second-order valence-electron chi connectivity index (χ2n) is 7.18. The van der Waals surface area contributed by atoms with Crippen molar-refractivity contribution in [1.82, 2.24) is 10.3 Å². The van der Waals surface area contributed by atoms with Gasteiger partial charge in [0.25, 0.3) is 0 Å². The van der Waals surface area contributed by atoms with Crippen LogP contribution in [0.25, 0.3) is 22.3 Å². The van der Waals surface area contributed by atoms with Crippen molar-refractivity contribution in [1.29, 1.82) is 5.26 Å². The number of morpholine rings is 1. The maximum absolute atomic E-state index is 14.4. The smallest absolute Gasteiger partial charge is 0.212 e. The van der Waals surface area contributed by atoms with Gasteiger partial charge in [0.05, 0.1) is 25.4 Å². The quantitative estimate of drug-likeness (QED) is 0.698. The zero-order valence-corrected chi connectivity index (χ0v) is 16.7. The third-order valence-electron chi connectivity index (χ3n) is 5.21. The number of benzene rings is 2. The molecule has 3 aromatic rings. The molecule has 30 heavy (non-hydrogen) atoms. The molecule has 1 unspecified atom stereocenters. The van der Waals surface area contributed by atoms with E-state index in [4.69, 9.17) is 14.7 Å². The Labute approximate surface area is 175 Å². The predicted octanol–water partition coefficient (Wildman–Crippen LogP) is 3.97. The predicted molar refractivity (Wildman–Crippen MR) is 113 cm³/mol. The molecule has 1 N–H and O–H groups in total. The van der Waals surface area contributed by atoms with Crippen molar-refractivity contribution in [3.63, 3.8) is 0 Å². The van der Waals surface area contributed by atoms with E-state index in [0.29, 0.717) is 18.1 Å². The number of pyridine rings is 1. The van der Waals surface area contributed by atoms with Crippen LogP contribution in [-0.4, -0.2) is 37.9 Å². The van der Waals surface area contributed by atoms with Gasteiger partial charge in [-0.1, -0.05) is 24.3 Å². The molecule has 4 rings (SSSR count). The van der Waals surface area contributed by atoms with Gasteiger partial charge in [0.2, 0.25) is 5.88 Å². The molecule has 2 aromatic carbocycles. The van der Waals surface area contributed by atoms with E-state index in [1.807, 2.05) is 18.2 Å². The summed E-state index contributed by atoms with van der Waals surface area (Å²) in [6.45, 7) is 2.38. The number of hydrogen-bond donors (Lipinski definition) is 1. The van der Waals surface area contributed by atoms with Gasteiger partial charge in [-0.15, -0.1) is 0 Å². The van der Waals surface area contributed by atoms with E-state index in [2.05, 4.69) is 22.4 Å². The monoisotopic (exact) mass is 403 g/mol. The summed E-state index contributed by atoms with van der Waals surface area (Å²) in [5.41, 5.74) is 4.56. The first-order valence-corrected chi connectivity index (χ1v) is 9.83. The average Bonchev–Trinajstić information content (AvgIpc) is 2.80. The fraction of sp³-hybridized carbons (Fsp3) is 0.250. The van der Waals surface area contributed by atoms with Crippen LogP contribution in [0.2, 0.25) is 0 Å². The molecule has 1 atom stereocenters. The maximum Gasteiger partial charge on any atom is 0.212 e. The summed E-state index contributed by atoms with van der Waals surface area (Å²) in [4.78, 5) is 4.30. The minimum atomic E-state index is -0.529. The third-order valence-corrected chi connectivity index (χ3v) is 5.21. The van der Waals surface area contributed by atoms with Gasteiger partial charge in [-0.05, 0) is 46.9 Å². The Hall–Kier alpha value is -3.27. The van der Waals surface area contributed by atoms with Gasteiger partial charge in [0.1, 0.15) is 11.9 Å². The van der Waals surface area contributed by atoms with E-state index >= 15 is 0 Å². The van der Waals surface area contributed by atoms with Crippen LogP contribution >= 0.6 is 0 Å². The molecule has 152 valence electrons. The summed E-state index contributed by atoms with van der Waals surface area (Å²) in [5, 5.41) is 12.4. The maximum atomic E-state index is 14.4. The molecule has 1 aliphatic rings. The van der Waals surface area contributed by atoms with Crippen molar-refractivity contribution in [3.8, 4) is 34.2 Å². The van der Waals surface area contributed by atoms with Crippen molar-refractivity contribution in [2.45, 2.75) is 12.5 Å². The third kappa shape index (κ3) is 4.33. The molecule has 0 saturated carbocycles. The first-order valence-electron chi connectivity index (χ1n) is 9.83. The normalized spacial score (nSPS) is 16.1. The Kier molecular flexibility index (Phi) is 6.03. The zero-order chi connectivity index (χ0) is 20.9. The van der Waals surface area contributed by atoms with Gasteiger partial charge >= 0.3 is 0 Å². The van der Waals surface area contributed by atoms with E-state index in [1.54, 1.807) is 25.4 Å². The lowest BCUT2D eigenvalue weighted by Gasteiger charge is -2.24. The number of halogens is 1. The highest BCUT2D eigenvalue weighted by atomic mass is 19.1. The van der Waals surface area contributed by atoms with E-state index in [9.17, 15) is 4.39 Å². The first-order chi connectivity index (χ1) is 14.7. The standard InChI is InChI=1S/C24H22FN3O2/c1-29-24-7-5-19(14-28-24)21-6-2-16(10-20-15-27-8-9-30-20)11-22(21)17-3-4-18(13-26)23(25)12-17/h2-7,11-12,14,20,27H,8-10,15H2,1H3. The SMILES string of the molecule is COc1ccc(-c2ccc(CC3CNCCO3)cc2-c2ccc(C#N)c(F)c2)cn1. The highest BCUT2D eigenvalue weighted by Gasteiger charge is 2.17. The number of nitrogens with one attached hydrogen (secondary N) is 1. The van der Waals surface area contributed by atoms with Crippen LogP contribution in [0.15, 0.2) is 54.7 Å². The van der Waals surface area contributed by atoms with Crippen molar-refractivity contribution < 1.29 is 13.9 Å². The Morgan fingerprint density at radius 2 is 2.03 bits per heavy atom. The highest BCUT2D eigenvalue weighted by molar-refractivity contribution is 5.84. The van der Waals surface area contributed by atoms with Gasteiger partial charge in [-0.25, -0.2) is 9.37 Å². The molecule has 1 fully saturated rings. The molecule has 6 heteroatoms. The molecule has 0 aliphatic carbocycles. The molecule has 1 aliphatic heterocycles. The Morgan fingerprint density at radius 1 is 1.17 bits per heavy atom. The van der Waals surface area contributed by atoms with E-state index in [0.717, 1.165) is 41.8 Å².